The molecule has 1 aromatic heterocycles. The maximum atomic E-state index is 11.4. The van der Waals surface area contributed by atoms with Crippen LogP contribution in [-0.4, -0.2) is 45.2 Å². The molecule has 1 aromatic rings. The third-order valence-corrected chi connectivity index (χ3v) is 2.92. The number of aromatic nitrogens is 3. The van der Waals surface area contributed by atoms with Gasteiger partial charge in [0.15, 0.2) is 5.69 Å². The molecule has 104 valence electrons. The molecule has 2 rings (SSSR count). The highest BCUT2D eigenvalue weighted by Gasteiger charge is 2.20. The summed E-state index contributed by atoms with van der Waals surface area (Å²) in [5, 5.41) is 21.2. The van der Waals surface area contributed by atoms with Crippen LogP contribution in [0.15, 0.2) is 6.20 Å². The van der Waals surface area contributed by atoms with Crippen molar-refractivity contribution < 1.29 is 14.7 Å². The van der Waals surface area contributed by atoms with Crippen molar-refractivity contribution in [1.29, 1.82) is 0 Å². The van der Waals surface area contributed by atoms with Gasteiger partial charge in [0.1, 0.15) is 0 Å². The number of nitrogens with one attached hydrogen (secondary N) is 2. The van der Waals surface area contributed by atoms with Gasteiger partial charge in [0.2, 0.25) is 0 Å². The second-order valence-corrected chi connectivity index (χ2v) is 4.59. The van der Waals surface area contributed by atoms with Crippen molar-refractivity contribution in [2.75, 3.05) is 13.1 Å². The fraction of sp³-hybridized carbons (Fsp3) is 0.636. The molecule has 0 unspecified atom stereocenters. The lowest BCUT2D eigenvalue weighted by Crippen LogP contribution is -2.37. The minimum atomic E-state index is -1.11. The molecule has 19 heavy (non-hydrogen) atoms. The number of carboxylic acids is 1. The highest BCUT2D eigenvalue weighted by molar-refractivity contribution is 5.84. The number of hydrogen-bond donors (Lipinski definition) is 3. The Hall–Kier alpha value is -2.12. The Morgan fingerprint density at radius 1 is 1.37 bits per heavy atom. The molecule has 8 nitrogen and oxygen atoms in total. The van der Waals surface area contributed by atoms with E-state index in [1.54, 1.807) is 0 Å². The first-order valence-corrected chi connectivity index (χ1v) is 6.30. The normalized spacial score (nSPS) is 14.1. The predicted molar refractivity (Wildman–Crippen MR) is 65.7 cm³/mol. The molecular weight excluding hydrogens is 250 g/mol. The summed E-state index contributed by atoms with van der Waals surface area (Å²) in [5.41, 5.74) is -0.103. The zero-order valence-electron chi connectivity index (χ0n) is 10.5. The van der Waals surface area contributed by atoms with Crippen molar-refractivity contribution in [1.82, 2.24) is 25.6 Å². The van der Waals surface area contributed by atoms with E-state index in [9.17, 15) is 9.59 Å². The fourth-order valence-corrected chi connectivity index (χ4v) is 1.65. The van der Waals surface area contributed by atoms with Crippen molar-refractivity contribution in [3.05, 3.63) is 11.9 Å². The van der Waals surface area contributed by atoms with Gasteiger partial charge in [-0.3, -0.25) is 0 Å². The van der Waals surface area contributed by atoms with Gasteiger partial charge >= 0.3 is 12.0 Å². The van der Waals surface area contributed by atoms with Crippen LogP contribution < -0.4 is 10.6 Å². The van der Waals surface area contributed by atoms with Gasteiger partial charge in [-0.25, -0.2) is 14.3 Å². The standard InChI is InChI=1S/C11H17N5O3/c17-10(18)9-7-16(15-14-9)6-5-13-11(19)12-4-3-8-1-2-8/h7-8H,1-6H2,(H,17,18)(H2,12,13,19). The number of urea groups is 1. The van der Waals surface area contributed by atoms with Gasteiger partial charge in [-0.1, -0.05) is 18.1 Å². The molecule has 1 aliphatic rings. The summed E-state index contributed by atoms with van der Waals surface area (Å²) in [7, 11) is 0. The van der Waals surface area contributed by atoms with Gasteiger partial charge in [0.05, 0.1) is 12.7 Å². The first kappa shape index (κ1) is 13.3. The predicted octanol–water partition coefficient (Wildman–Crippen LogP) is 0.0756. The summed E-state index contributed by atoms with van der Waals surface area (Å²) >= 11 is 0. The largest absolute Gasteiger partial charge is 0.476 e. The lowest BCUT2D eigenvalue weighted by atomic mass is 10.3. The van der Waals surface area contributed by atoms with E-state index in [1.807, 2.05) is 0 Å². The van der Waals surface area contributed by atoms with Crippen LogP contribution in [0, 0.1) is 5.92 Å². The topological polar surface area (TPSA) is 109 Å². The van der Waals surface area contributed by atoms with E-state index in [0.29, 0.717) is 19.6 Å². The molecular formula is C11H17N5O3. The summed E-state index contributed by atoms with van der Waals surface area (Å²) in [5.74, 6) is -0.318. The van der Waals surface area contributed by atoms with Crippen molar-refractivity contribution in [2.45, 2.75) is 25.8 Å². The van der Waals surface area contributed by atoms with Crippen molar-refractivity contribution in [3.8, 4) is 0 Å². The Labute approximate surface area is 110 Å². The van der Waals surface area contributed by atoms with Crippen LogP contribution in [0.4, 0.5) is 4.79 Å². The highest BCUT2D eigenvalue weighted by Crippen LogP contribution is 2.31. The molecule has 8 heteroatoms. The summed E-state index contributed by atoms with van der Waals surface area (Å²) < 4.78 is 1.38. The van der Waals surface area contributed by atoms with E-state index in [-0.39, 0.29) is 11.7 Å². The molecule has 1 fully saturated rings. The molecule has 1 saturated carbocycles. The minimum absolute atomic E-state index is 0.103. The molecule has 0 saturated heterocycles. The van der Waals surface area contributed by atoms with Gasteiger partial charge in [0.25, 0.3) is 0 Å². The fourth-order valence-electron chi connectivity index (χ4n) is 1.65. The molecule has 1 heterocycles. The quantitative estimate of drug-likeness (QED) is 0.648. The van der Waals surface area contributed by atoms with E-state index in [1.165, 1.54) is 23.7 Å². The number of nitrogens with zero attached hydrogens (tertiary/aromatic N) is 3. The Kier molecular flexibility index (Phi) is 4.32. The Bertz CT molecular complexity index is 455. The zero-order chi connectivity index (χ0) is 13.7. The number of rotatable bonds is 7. The monoisotopic (exact) mass is 267 g/mol. The average Bonchev–Trinajstić information content (AvgIpc) is 3.05. The molecule has 1 aliphatic carbocycles. The SMILES string of the molecule is O=C(NCCC1CC1)NCCn1cc(C(=O)O)nn1. The smallest absolute Gasteiger partial charge is 0.358 e. The highest BCUT2D eigenvalue weighted by atomic mass is 16.4. The van der Waals surface area contributed by atoms with E-state index >= 15 is 0 Å². The van der Waals surface area contributed by atoms with Gasteiger partial charge in [-0.05, 0) is 12.3 Å². The Balaban J connectivity index is 1.59. The third-order valence-electron chi connectivity index (χ3n) is 2.92. The average molecular weight is 267 g/mol. The minimum Gasteiger partial charge on any atom is -0.476 e. The second kappa shape index (κ2) is 6.17. The zero-order valence-corrected chi connectivity index (χ0v) is 10.5. The summed E-state index contributed by atoms with van der Waals surface area (Å²) in [6, 6.07) is -0.209. The summed E-state index contributed by atoms with van der Waals surface area (Å²) in [6.07, 6.45) is 4.93. The maximum absolute atomic E-state index is 11.4. The number of aromatic carboxylic acids is 1. The lowest BCUT2D eigenvalue weighted by molar-refractivity contribution is 0.0690. The van der Waals surface area contributed by atoms with Crippen molar-refractivity contribution in [3.63, 3.8) is 0 Å². The molecule has 0 atom stereocenters. The van der Waals surface area contributed by atoms with Crippen molar-refractivity contribution in [2.24, 2.45) is 5.92 Å². The molecule has 0 bridgehead atoms. The molecule has 0 radical (unpaired) electrons. The van der Waals surface area contributed by atoms with Crippen LogP contribution in [0.1, 0.15) is 29.8 Å². The van der Waals surface area contributed by atoms with Crippen LogP contribution in [0.5, 0.6) is 0 Å². The van der Waals surface area contributed by atoms with Crippen molar-refractivity contribution >= 4 is 12.0 Å². The number of carbonyl (C=O) groups excluding carboxylic acids is 1. The second-order valence-electron chi connectivity index (χ2n) is 4.59. The first-order valence-electron chi connectivity index (χ1n) is 6.30. The molecule has 2 amide bonds. The first-order chi connectivity index (χ1) is 9.15. The Morgan fingerprint density at radius 3 is 2.74 bits per heavy atom. The van der Waals surface area contributed by atoms with Crippen LogP contribution in [-0.2, 0) is 6.54 Å². The summed E-state index contributed by atoms with van der Waals surface area (Å²) in [6.45, 7) is 1.46. The van der Waals surface area contributed by atoms with Gasteiger partial charge in [-0.2, -0.15) is 0 Å². The third kappa shape index (κ3) is 4.57. The van der Waals surface area contributed by atoms with Crippen LogP contribution in [0.2, 0.25) is 0 Å². The summed E-state index contributed by atoms with van der Waals surface area (Å²) in [4.78, 5) is 22.0. The lowest BCUT2D eigenvalue weighted by Gasteiger charge is -2.06. The molecule has 0 spiro atoms. The van der Waals surface area contributed by atoms with Crippen LogP contribution >= 0.6 is 0 Å². The molecule has 3 N–H and O–H groups in total. The number of carboxylic acid groups (broad SMARTS) is 1. The number of hydrogen-bond acceptors (Lipinski definition) is 4. The maximum Gasteiger partial charge on any atom is 0.358 e. The van der Waals surface area contributed by atoms with Gasteiger partial charge in [0, 0.05) is 13.1 Å². The van der Waals surface area contributed by atoms with E-state index in [4.69, 9.17) is 5.11 Å². The molecule has 0 aliphatic heterocycles. The molecule has 0 aromatic carbocycles. The van der Waals surface area contributed by atoms with E-state index in [0.717, 1.165) is 12.3 Å². The number of amides is 2. The number of carbonyl (C=O) groups is 2. The van der Waals surface area contributed by atoms with E-state index < -0.39 is 5.97 Å². The van der Waals surface area contributed by atoms with Gasteiger partial charge < -0.3 is 15.7 Å². The van der Waals surface area contributed by atoms with Crippen LogP contribution in [0.3, 0.4) is 0 Å². The van der Waals surface area contributed by atoms with Crippen LogP contribution in [0.25, 0.3) is 0 Å². The van der Waals surface area contributed by atoms with Gasteiger partial charge in [-0.15, -0.1) is 5.10 Å². The Morgan fingerprint density at radius 2 is 2.11 bits per heavy atom. The van der Waals surface area contributed by atoms with E-state index in [2.05, 4.69) is 20.9 Å².